The molecule has 5 heteroatoms. The van der Waals surface area contributed by atoms with Gasteiger partial charge >= 0.3 is 0 Å². The molecule has 1 spiro atoms. The number of carbonyl (C=O) groups is 2. The molecule has 1 saturated heterocycles. The Morgan fingerprint density at radius 3 is 2.52 bits per heavy atom. The maximum atomic E-state index is 12.3. The Balaban J connectivity index is 1.69. The SMILES string of the molecule is NNC(=O)/C=C/c1ccc(CN2C(=O)CCCC23CCC3)cc1. The van der Waals surface area contributed by atoms with Crippen molar-refractivity contribution in [3.8, 4) is 0 Å². The van der Waals surface area contributed by atoms with Gasteiger partial charge in [0.15, 0.2) is 0 Å². The van der Waals surface area contributed by atoms with Gasteiger partial charge in [-0.15, -0.1) is 0 Å². The van der Waals surface area contributed by atoms with Crippen LogP contribution in [0.1, 0.15) is 49.7 Å². The Morgan fingerprint density at radius 1 is 1.22 bits per heavy atom. The second-order valence-corrected chi connectivity index (χ2v) is 6.49. The highest BCUT2D eigenvalue weighted by atomic mass is 16.2. The van der Waals surface area contributed by atoms with E-state index in [1.165, 1.54) is 12.5 Å². The molecule has 0 radical (unpaired) electrons. The minimum atomic E-state index is -0.333. The minimum absolute atomic E-state index is 0.132. The topological polar surface area (TPSA) is 75.4 Å². The number of benzene rings is 1. The first kappa shape index (κ1) is 15.7. The van der Waals surface area contributed by atoms with E-state index in [4.69, 9.17) is 5.84 Å². The van der Waals surface area contributed by atoms with Gasteiger partial charge in [-0.25, -0.2) is 5.84 Å². The summed E-state index contributed by atoms with van der Waals surface area (Å²) in [6, 6.07) is 7.96. The van der Waals surface area contributed by atoms with Crippen LogP contribution in [-0.4, -0.2) is 22.3 Å². The van der Waals surface area contributed by atoms with Gasteiger partial charge in [0.05, 0.1) is 0 Å². The van der Waals surface area contributed by atoms with Crippen LogP contribution < -0.4 is 11.3 Å². The standard InChI is InChI=1S/C18H23N3O2/c19-20-16(22)9-8-14-4-6-15(7-5-14)13-21-17(23)3-1-10-18(21)11-2-12-18/h4-9H,1-3,10-13,19H2,(H,20,22)/b9-8+. The molecule has 0 unspecified atom stereocenters. The fraction of sp³-hybridized carbons (Fsp3) is 0.444. The van der Waals surface area contributed by atoms with Crippen molar-refractivity contribution in [2.45, 2.75) is 50.6 Å². The molecule has 5 nitrogen and oxygen atoms in total. The van der Waals surface area contributed by atoms with Crippen molar-refractivity contribution < 1.29 is 9.59 Å². The van der Waals surface area contributed by atoms with Crippen LogP contribution in [0.3, 0.4) is 0 Å². The molecule has 2 aliphatic rings. The molecule has 23 heavy (non-hydrogen) atoms. The molecule has 3 rings (SSSR count). The lowest BCUT2D eigenvalue weighted by atomic mass is 9.70. The molecule has 1 aliphatic heterocycles. The zero-order valence-electron chi connectivity index (χ0n) is 13.3. The van der Waals surface area contributed by atoms with Crippen LogP contribution in [0.25, 0.3) is 6.08 Å². The lowest BCUT2D eigenvalue weighted by molar-refractivity contribution is -0.148. The van der Waals surface area contributed by atoms with Gasteiger partial charge in [-0.1, -0.05) is 24.3 Å². The highest BCUT2D eigenvalue weighted by Crippen LogP contribution is 2.45. The van der Waals surface area contributed by atoms with E-state index >= 15 is 0 Å². The second-order valence-electron chi connectivity index (χ2n) is 6.49. The molecule has 0 bridgehead atoms. The van der Waals surface area contributed by atoms with Crippen LogP contribution in [0.15, 0.2) is 30.3 Å². The first-order valence-electron chi connectivity index (χ1n) is 8.21. The number of nitrogens with two attached hydrogens (primary N) is 1. The summed E-state index contributed by atoms with van der Waals surface area (Å²) in [5.41, 5.74) is 4.25. The maximum Gasteiger partial charge on any atom is 0.257 e. The molecule has 1 aromatic rings. The molecule has 1 aliphatic carbocycles. The van der Waals surface area contributed by atoms with Gasteiger partial charge in [0.1, 0.15) is 0 Å². The van der Waals surface area contributed by atoms with Crippen molar-refractivity contribution in [3.63, 3.8) is 0 Å². The zero-order valence-corrected chi connectivity index (χ0v) is 13.3. The van der Waals surface area contributed by atoms with Crippen molar-refractivity contribution in [2.24, 2.45) is 5.84 Å². The molecule has 122 valence electrons. The smallest absolute Gasteiger partial charge is 0.257 e. The molecule has 3 N–H and O–H groups in total. The first-order valence-corrected chi connectivity index (χ1v) is 8.21. The Morgan fingerprint density at radius 2 is 1.91 bits per heavy atom. The lowest BCUT2D eigenvalue weighted by Gasteiger charge is -2.53. The van der Waals surface area contributed by atoms with Gasteiger partial charge in [-0.2, -0.15) is 0 Å². The molecule has 1 aromatic carbocycles. The number of hydrogen-bond donors (Lipinski definition) is 2. The van der Waals surface area contributed by atoms with Gasteiger partial charge in [0.2, 0.25) is 5.91 Å². The monoisotopic (exact) mass is 313 g/mol. The molecular formula is C18H23N3O2. The van der Waals surface area contributed by atoms with Crippen molar-refractivity contribution >= 4 is 17.9 Å². The number of hydrazine groups is 1. The number of amides is 2. The summed E-state index contributed by atoms with van der Waals surface area (Å²) in [7, 11) is 0. The fourth-order valence-corrected chi connectivity index (χ4v) is 3.60. The van der Waals surface area contributed by atoms with E-state index < -0.39 is 0 Å². The highest BCUT2D eigenvalue weighted by Gasteiger charge is 2.46. The fourth-order valence-electron chi connectivity index (χ4n) is 3.60. The lowest BCUT2D eigenvalue weighted by Crippen LogP contribution is -2.58. The van der Waals surface area contributed by atoms with Gasteiger partial charge in [0, 0.05) is 24.6 Å². The van der Waals surface area contributed by atoms with Crippen molar-refractivity contribution in [3.05, 3.63) is 41.5 Å². The minimum Gasteiger partial charge on any atom is -0.333 e. The summed E-state index contributed by atoms with van der Waals surface area (Å²) in [5.74, 6) is 4.99. The van der Waals surface area contributed by atoms with E-state index in [0.29, 0.717) is 18.9 Å². The van der Waals surface area contributed by atoms with Crippen molar-refractivity contribution in [1.82, 2.24) is 10.3 Å². The summed E-state index contributed by atoms with van der Waals surface area (Å²) in [4.78, 5) is 25.5. The highest BCUT2D eigenvalue weighted by molar-refractivity contribution is 5.91. The van der Waals surface area contributed by atoms with Crippen LogP contribution >= 0.6 is 0 Å². The summed E-state index contributed by atoms with van der Waals surface area (Å²) < 4.78 is 0. The van der Waals surface area contributed by atoms with E-state index in [1.807, 2.05) is 24.3 Å². The van der Waals surface area contributed by atoms with Gasteiger partial charge in [-0.05, 0) is 49.3 Å². The number of piperidine rings is 1. The average molecular weight is 313 g/mol. The van der Waals surface area contributed by atoms with Crippen LogP contribution in [0.4, 0.5) is 0 Å². The number of likely N-dealkylation sites (tertiary alicyclic amines) is 1. The predicted octanol–water partition coefficient (Wildman–Crippen LogP) is 2.12. The van der Waals surface area contributed by atoms with Crippen LogP contribution in [0.5, 0.6) is 0 Å². The Hall–Kier alpha value is -2.14. The molecule has 0 atom stereocenters. The molecule has 1 saturated carbocycles. The Bertz CT molecular complexity index is 618. The summed E-state index contributed by atoms with van der Waals surface area (Å²) in [6.07, 6.45) is 9.49. The normalized spacial score (nSPS) is 19.9. The largest absolute Gasteiger partial charge is 0.333 e. The Kier molecular flexibility index (Phi) is 4.48. The van der Waals surface area contributed by atoms with Gasteiger partial charge in [0.25, 0.3) is 5.91 Å². The molecule has 0 aromatic heterocycles. The van der Waals surface area contributed by atoms with Crippen LogP contribution in [0, 0.1) is 0 Å². The number of carbonyl (C=O) groups excluding carboxylic acids is 2. The van der Waals surface area contributed by atoms with Gasteiger partial charge < -0.3 is 4.90 Å². The van der Waals surface area contributed by atoms with E-state index in [9.17, 15) is 9.59 Å². The zero-order chi connectivity index (χ0) is 16.3. The van der Waals surface area contributed by atoms with Crippen molar-refractivity contribution in [1.29, 1.82) is 0 Å². The third-order valence-electron chi connectivity index (χ3n) is 5.08. The quantitative estimate of drug-likeness (QED) is 0.387. The van der Waals surface area contributed by atoms with E-state index in [-0.39, 0.29) is 11.4 Å². The molecular weight excluding hydrogens is 290 g/mol. The summed E-state index contributed by atoms with van der Waals surface area (Å²) in [6.45, 7) is 0.687. The summed E-state index contributed by atoms with van der Waals surface area (Å²) >= 11 is 0. The second kappa shape index (κ2) is 6.54. The van der Waals surface area contributed by atoms with E-state index in [0.717, 1.165) is 36.8 Å². The predicted molar refractivity (Wildman–Crippen MR) is 88.8 cm³/mol. The molecule has 2 fully saturated rings. The Labute approximate surface area is 136 Å². The number of hydrogen-bond acceptors (Lipinski definition) is 3. The first-order chi connectivity index (χ1) is 11.1. The van der Waals surface area contributed by atoms with Gasteiger partial charge in [-0.3, -0.25) is 15.0 Å². The van der Waals surface area contributed by atoms with Crippen molar-refractivity contribution in [2.75, 3.05) is 0 Å². The third-order valence-corrected chi connectivity index (χ3v) is 5.08. The van der Waals surface area contributed by atoms with Crippen LogP contribution in [0.2, 0.25) is 0 Å². The number of nitrogens with one attached hydrogen (secondary N) is 1. The molecule has 2 amide bonds. The maximum absolute atomic E-state index is 12.3. The van der Waals surface area contributed by atoms with E-state index in [2.05, 4.69) is 10.3 Å². The third kappa shape index (κ3) is 3.29. The average Bonchev–Trinajstić information content (AvgIpc) is 2.54. The van der Waals surface area contributed by atoms with E-state index in [1.54, 1.807) is 6.08 Å². The number of rotatable bonds is 4. The summed E-state index contributed by atoms with van der Waals surface area (Å²) in [5, 5.41) is 0. The number of nitrogens with zero attached hydrogens (tertiary/aromatic N) is 1. The van der Waals surface area contributed by atoms with Crippen LogP contribution in [-0.2, 0) is 16.1 Å². The molecule has 1 heterocycles.